The fraction of sp³-hybridized carbons (Fsp3) is 1.00. The minimum atomic E-state index is -0.368. The van der Waals surface area contributed by atoms with Gasteiger partial charge in [-0.15, -0.1) is 0 Å². The molecule has 6 heavy (non-hydrogen) atoms. The number of hydrogen-bond acceptors (Lipinski definition) is 1. The van der Waals surface area contributed by atoms with Crippen LogP contribution in [0.2, 0.25) is 0 Å². The first-order chi connectivity index (χ1) is 2.83. The monoisotopic (exact) mass is 167 g/mol. The van der Waals surface area contributed by atoms with E-state index >= 15 is 0 Å². The molecule has 0 saturated carbocycles. The van der Waals surface area contributed by atoms with E-state index in [9.17, 15) is 0 Å². The molecule has 0 aliphatic heterocycles. The third-order valence-electron chi connectivity index (χ3n) is 0. The Kier molecular flexibility index (Phi) is 27.9. The van der Waals surface area contributed by atoms with Crippen molar-refractivity contribution in [1.82, 2.24) is 0 Å². The molecule has 0 rings (SSSR count). The summed E-state index contributed by atoms with van der Waals surface area (Å²) in [5.41, 5.74) is 0. The summed E-state index contributed by atoms with van der Waals surface area (Å²) in [7, 11) is 9.72. The van der Waals surface area contributed by atoms with Crippen molar-refractivity contribution in [2.24, 2.45) is 0 Å². The summed E-state index contributed by atoms with van der Waals surface area (Å²) in [6, 6.07) is 0. The van der Waals surface area contributed by atoms with E-state index < -0.39 is 0 Å². The van der Waals surface area contributed by atoms with Gasteiger partial charge in [-0.1, -0.05) is 0 Å². The van der Waals surface area contributed by atoms with Gasteiger partial charge in [0.15, 0.2) is 0 Å². The van der Waals surface area contributed by atoms with Gasteiger partial charge in [-0.3, -0.25) is 0 Å². The summed E-state index contributed by atoms with van der Waals surface area (Å²) >= 11 is -0.368. The summed E-state index contributed by atoms with van der Waals surface area (Å²) in [5, 5.41) is 7.57. The molecule has 0 aromatic carbocycles. The molecular weight excluding hydrogens is 162 g/mol. The Bertz CT molecular complexity index is 13.5. The zero-order chi connectivity index (χ0) is 5.41. The van der Waals surface area contributed by atoms with E-state index in [0.29, 0.717) is 0 Å². The van der Waals surface area contributed by atoms with Gasteiger partial charge < -0.3 is 5.11 Å². The van der Waals surface area contributed by atoms with Gasteiger partial charge in [0.05, 0.1) is 0 Å². The van der Waals surface area contributed by atoms with Crippen molar-refractivity contribution >= 4 is 19.7 Å². The van der Waals surface area contributed by atoms with Crippen molar-refractivity contribution in [2.45, 2.75) is 6.92 Å². The quantitative estimate of drug-likeness (QED) is 0.579. The molecule has 0 amide bonds. The zero-order valence-corrected chi connectivity index (χ0v) is 6.27. The van der Waals surface area contributed by atoms with Crippen LogP contribution in [-0.4, -0.2) is 11.7 Å². The van der Waals surface area contributed by atoms with Crippen LogP contribution in [0.4, 0.5) is 0 Å². The molecule has 1 N–H and O–H groups in total. The fourth-order valence-electron chi connectivity index (χ4n) is 0. The van der Waals surface area contributed by atoms with Gasteiger partial charge in [-0.05, 0) is 6.92 Å². The van der Waals surface area contributed by atoms with Crippen LogP contribution in [0, 0.1) is 0 Å². The fourth-order valence-corrected chi connectivity index (χ4v) is 0. The second kappa shape index (κ2) is 16.5. The maximum atomic E-state index is 7.57. The molecule has 0 aromatic heterocycles. The first-order valence-corrected chi connectivity index (χ1v) is 5.20. The van der Waals surface area contributed by atoms with Crippen LogP contribution in [0.25, 0.3) is 0 Å². The SMILES string of the molecule is CCO.[Cl][V][Cl]. The van der Waals surface area contributed by atoms with E-state index in [2.05, 4.69) is 0 Å². The topological polar surface area (TPSA) is 20.2 Å². The van der Waals surface area contributed by atoms with E-state index in [1.807, 2.05) is 0 Å². The van der Waals surface area contributed by atoms with Gasteiger partial charge in [0.2, 0.25) is 0 Å². The third-order valence-corrected chi connectivity index (χ3v) is 0. The molecule has 0 aliphatic carbocycles. The van der Waals surface area contributed by atoms with Crippen LogP contribution in [0.1, 0.15) is 6.92 Å². The number of halogens is 2. The molecule has 0 saturated heterocycles. The minimum absolute atomic E-state index is 0.250. The molecule has 0 radical (unpaired) electrons. The van der Waals surface area contributed by atoms with Crippen LogP contribution < -0.4 is 0 Å². The summed E-state index contributed by atoms with van der Waals surface area (Å²) in [6.07, 6.45) is 0. The van der Waals surface area contributed by atoms with Crippen LogP contribution in [0.3, 0.4) is 0 Å². The third kappa shape index (κ3) is 68.9. The van der Waals surface area contributed by atoms with E-state index in [4.69, 9.17) is 24.8 Å². The van der Waals surface area contributed by atoms with Gasteiger partial charge in [-0.25, -0.2) is 0 Å². The van der Waals surface area contributed by atoms with Crippen LogP contribution in [-0.2, 0) is 14.4 Å². The molecule has 0 heterocycles. The normalized spacial score (nSPS) is 5.33. The van der Waals surface area contributed by atoms with E-state index in [1.165, 1.54) is 0 Å². The van der Waals surface area contributed by atoms with E-state index in [1.54, 1.807) is 6.92 Å². The van der Waals surface area contributed by atoms with Crippen molar-refractivity contribution in [2.75, 3.05) is 6.61 Å². The molecule has 1 nitrogen and oxygen atoms in total. The van der Waals surface area contributed by atoms with Crippen molar-refractivity contribution < 1.29 is 19.5 Å². The molecule has 0 unspecified atom stereocenters. The zero-order valence-electron chi connectivity index (χ0n) is 3.36. The molecule has 0 atom stereocenters. The summed E-state index contributed by atoms with van der Waals surface area (Å²) in [6.45, 7) is 1.93. The number of aliphatic hydroxyl groups is 1. The summed E-state index contributed by atoms with van der Waals surface area (Å²) in [4.78, 5) is 0. The van der Waals surface area contributed by atoms with Gasteiger partial charge in [-0.2, -0.15) is 0 Å². The summed E-state index contributed by atoms with van der Waals surface area (Å²) < 4.78 is 0. The average molecular weight is 168 g/mol. The Hall–Kier alpha value is 1.12. The molecular formula is C2H6Cl2OV. The number of hydrogen-bond donors (Lipinski definition) is 1. The predicted octanol–water partition coefficient (Wildman–Crippen LogP) is 1.38. The van der Waals surface area contributed by atoms with Crippen molar-refractivity contribution in [3.05, 3.63) is 0 Å². The Morgan fingerprint density at radius 1 is 1.67 bits per heavy atom. The average Bonchev–Trinajstić information content (AvgIpc) is 1.39. The van der Waals surface area contributed by atoms with Crippen molar-refractivity contribution in [3.8, 4) is 0 Å². The molecule has 0 aliphatic rings. The first-order valence-electron chi connectivity index (χ1n) is 1.36. The van der Waals surface area contributed by atoms with Gasteiger partial charge in [0, 0.05) is 6.61 Å². The molecule has 0 spiro atoms. The molecule has 0 bridgehead atoms. The molecule has 4 heteroatoms. The second-order valence-corrected chi connectivity index (χ2v) is 2.69. The van der Waals surface area contributed by atoms with E-state index in [0.717, 1.165) is 0 Å². The van der Waals surface area contributed by atoms with Gasteiger partial charge in [0.1, 0.15) is 0 Å². The second-order valence-electron chi connectivity index (χ2n) is 0.380. The van der Waals surface area contributed by atoms with Crippen molar-refractivity contribution in [1.29, 1.82) is 0 Å². The van der Waals surface area contributed by atoms with Crippen molar-refractivity contribution in [3.63, 3.8) is 0 Å². The molecule has 0 aromatic rings. The Labute approximate surface area is 52.9 Å². The van der Waals surface area contributed by atoms with Gasteiger partial charge in [0.25, 0.3) is 0 Å². The molecule has 0 fully saturated rings. The number of aliphatic hydroxyl groups excluding tert-OH is 1. The van der Waals surface area contributed by atoms with Crippen LogP contribution in [0.5, 0.6) is 0 Å². The van der Waals surface area contributed by atoms with Crippen LogP contribution in [0.15, 0.2) is 0 Å². The Morgan fingerprint density at radius 2 is 1.67 bits per heavy atom. The molecule has 39 valence electrons. The first kappa shape index (κ1) is 10.2. The Morgan fingerprint density at radius 3 is 1.67 bits per heavy atom. The van der Waals surface area contributed by atoms with E-state index in [-0.39, 0.29) is 21.0 Å². The van der Waals surface area contributed by atoms with Crippen LogP contribution >= 0.6 is 19.7 Å². The standard InChI is InChI=1S/C2H6O.2ClH.V/c1-2-3;;;/h3H,2H2,1H3;2*1H;/q;;;+2/p-2. The Balaban J connectivity index is 0. The van der Waals surface area contributed by atoms with Gasteiger partial charge >= 0.3 is 34.1 Å². The maximum absolute atomic E-state index is 7.57. The number of rotatable bonds is 0. The summed E-state index contributed by atoms with van der Waals surface area (Å²) in [5.74, 6) is 0. The predicted molar refractivity (Wildman–Crippen MR) is 24.5 cm³/mol.